The van der Waals surface area contributed by atoms with E-state index >= 15 is 0 Å². The fourth-order valence-corrected chi connectivity index (χ4v) is 0.646. The zero-order valence-corrected chi connectivity index (χ0v) is 8.97. The van der Waals surface area contributed by atoms with Gasteiger partial charge in [-0.2, -0.15) is 0 Å². The van der Waals surface area contributed by atoms with E-state index in [-0.39, 0.29) is 40.9 Å². The van der Waals surface area contributed by atoms with Crippen LogP contribution in [-0.4, -0.2) is 21.6 Å². The molecular formula is C7H7NaO5. The average molecular weight is 194 g/mol. The molecule has 5 nitrogen and oxygen atoms in total. The van der Waals surface area contributed by atoms with Gasteiger partial charge in [0, 0.05) is 5.56 Å². The second kappa shape index (κ2) is 8.03. The van der Waals surface area contributed by atoms with Crippen molar-refractivity contribution in [2.75, 3.05) is 0 Å². The Morgan fingerprint density at radius 1 is 1.23 bits per heavy atom. The van der Waals surface area contributed by atoms with Gasteiger partial charge in [-0.15, -0.1) is 0 Å². The van der Waals surface area contributed by atoms with Crippen LogP contribution < -0.4 is 34.7 Å². The number of phenols is 1. The van der Waals surface area contributed by atoms with Crippen LogP contribution in [0.3, 0.4) is 0 Å². The zero-order chi connectivity index (χ0) is 9.56. The molecule has 1 aromatic rings. The van der Waals surface area contributed by atoms with Crippen LogP contribution in [-0.2, 0) is 0 Å². The zero-order valence-electron chi connectivity index (χ0n) is 6.97. The number of carboxylic acids is 1. The van der Waals surface area contributed by atoms with E-state index in [9.17, 15) is 9.90 Å². The standard InChI is InChI=1S/C7H6O3.Na.H2O2/c8-6-4-2-1-3-5(6)7(9)10;;1-2/h1-4,8H,(H,9,10);;1-2H/q;+1;/p-1. The molecular weight excluding hydrogens is 187 g/mol. The second-order valence-corrected chi connectivity index (χ2v) is 1.80. The molecule has 13 heavy (non-hydrogen) atoms. The molecule has 0 unspecified atom stereocenters. The van der Waals surface area contributed by atoms with Gasteiger partial charge in [0.15, 0.2) is 0 Å². The van der Waals surface area contributed by atoms with Gasteiger partial charge in [-0.05, 0) is 12.1 Å². The van der Waals surface area contributed by atoms with Crippen molar-refractivity contribution in [1.29, 1.82) is 0 Å². The largest absolute Gasteiger partial charge is 1.00 e. The summed E-state index contributed by atoms with van der Waals surface area (Å²) in [5, 5.41) is 31.0. The van der Waals surface area contributed by atoms with Gasteiger partial charge in [0.25, 0.3) is 0 Å². The topological polar surface area (TPSA) is 101 Å². The van der Waals surface area contributed by atoms with E-state index in [1.54, 1.807) is 6.07 Å². The van der Waals surface area contributed by atoms with E-state index in [0.717, 1.165) is 0 Å². The molecule has 1 rings (SSSR count). The summed E-state index contributed by atoms with van der Waals surface area (Å²) in [4.78, 5) is 10.2. The minimum atomic E-state index is -1.36. The Morgan fingerprint density at radius 2 is 1.69 bits per heavy atom. The molecule has 0 aliphatic rings. The summed E-state index contributed by atoms with van der Waals surface area (Å²) in [5.41, 5.74) is -0.178. The molecule has 0 saturated heterocycles. The van der Waals surface area contributed by atoms with Crippen molar-refractivity contribution in [2.45, 2.75) is 0 Å². The molecule has 0 fully saturated rings. The third-order valence-electron chi connectivity index (χ3n) is 1.12. The number of aromatic hydroxyl groups is 1. The third kappa shape index (κ3) is 4.87. The van der Waals surface area contributed by atoms with Crippen molar-refractivity contribution >= 4 is 5.97 Å². The van der Waals surface area contributed by atoms with E-state index in [0.29, 0.717) is 0 Å². The van der Waals surface area contributed by atoms with Crippen LogP contribution in [0.15, 0.2) is 24.3 Å². The minimum Gasteiger partial charge on any atom is -0.545 e. The summed E-state index contributed by atoms with van der Waals surface area (Å²) >= 11 is 0. The van der Waals surface area contributed by atoms with Gasteiger partial charge in [-0.3, -0.25) is 10.5 Å². The van der Waals surface area contributed by atoms with E-state index in [2.05, 4.69) is 0 Å². The molecule has 0 aromatic heterocycles. The first-order chi connectivity index (χ1) is 5.72. The Hall–Kier alpha value is -0.590. The summed E-state index contributed by atoms with van der Waals surface area (Å²) in [6.07, 6.45) is 0. The molecule has 0 aliphatic heterocycles. The maximum absolute atomic E-state index is 10.2. The van der Waals surface area contributed by atoms with Crippen LogP contribution in [0.5, 0.6) is 5.75 Å². The van der Waals surface area contributed by atoms with Crippen molar-refractivity contribution in [3.63, 3.8) is 0 Å². The molecule has 0 spiro atoms. The Morgan fingerprint density at radius 3 is 2.00 bits per heavy atom. The van der Waals surface area contributed by atoms with Gasteiger partial charge < -0.3 is 15.0 Å². The van der Waals surface area contributed by atoms with E-state index in [1.165, 1.54) is 18.2 Å². The Bertz CT molecular complexity index is 263. The number of aromatic carboxylic acids is 1. The van der Waals surface area contributed by atoms with Crippen LogP contribution >= 0.6 is 0 Å². The van der Waals surface area contributed by atoms with Gasteiger partial charge in [-0.1, -0.05) is 12.1 Å². The van der Waals surface area contributed by atoms with Crippen LogP contribution in [0.4, 0.5) is 0 Å². The van der Waals surface area contributed by atoms with Gasteiger partial charge in [0.05, 0.1) is 5.97 Å². The van der Waals surface area contributed by atoms with Crippen molar-refractivity contribution in [3.05, 3.63) is 29.8 Å². The maximum atomic E-state index is 10.2. The molecule has 0 saturated carbocycles. The summed E-state index contributed by atoms with van der Waals surface area (Å²) in [7, 11) is 0. The number of carboxylic acid groups (broad SMARTS) is 1. The maximum Gasteiger partial charge on any atom is 1.00 e. The summed E-state index contributed by atoms with van der Waals surface area (Å²) in [5.74, 6) is -1.62. The van der Waals surface area contributed by atoms with Gasteiger partial charge >= 0.3 is 29.6 Å². The first-order valence-electron chi connectivity index (χ1n) is 2.91. The number of hydrogen-bond acceptors (Lipinski definition) is 5. The molecule has 0 aliphatic carbocycles. The van der Waals surface area contributed by atoms with Crippen LogP contribution in [0.1, 0.15) is 10.4 Å². The van der Waals surface area contributed by atoms with Gasteiger partial charge in [0.1, 0.15) is 5.75 Å². The predicted octanol–water partition coefficient (Wildman–Crippen LogP) is -3.22. The molecule has 0 bridgehead atoms. The van der Waals surface area contributed by atoms with E-state index in [4.69, 9.17) is 15.6 Å². The molecule has 0 radical (unpaired) electrons. The molecule has 1 aromatic carbocycles. The van der Waals surface area contributed by atoms with E-state index in [1.807, 2.05) is 0 Å². The number of rotatable bonds is 1. The summed E-state index contributed by atoms with van der Waals surface area (Å²) < 4.78 is 0. The van der Waals surface area contributed by atoms with Gasteiger partial charge in [0.2, 0.25) is 0 Å². The quantitative estimate of drug-likeness (QED) is 0.248. The number of hydrogen-bond donors (Lipinski definition) is 3. The molecule has 0 amide bonds. The van der Waals surface area contributed by atoms with Crippen LogP contribution in [0, 0.1) is 0 Å². The smallest absolute Gasteiger partial charge is 0.545 e. The first kappa shape index (κ1) is 14.9. The minimum absolute atomic E-state index is 0. The van der Waals surface area contributed by atoms with Crippen LogP contribution in [0.25, 0.3) is 0 Å². The fraction of sp³-hybridized carbons (Fsp3) is 0. The molecule has 66 valence electrons. The van der Waals surface area contributed by atoms with Crippen molar-refractivity contribution in [1.82, 2.24) is 0 Å². The Kier molecular flexibility index (Phi) is 9.21. The van der Waals surface area contributed by atoms with Crippen molar-refractivity contribution < 1.29 is 55.1 Å². The molecule has 0 heterocycles. The van der Waals surface area contributed by atoms with Gasteiger partial charge in [-0.25, -0.2) is 0 Å². The fourth-order valence-electron chi connectivity index (χ4n) is 0.646. The monoisotopic (exact) mass is 194 g/mol. The third-order valence-corrected chi connectivity index (χ3v) is 1.12. The number of benzene rings is 1. The Balaban J connectivity index is 0. The molecule has 0 atom stereocenters. The van der Waals surface area contributed by atoms with E-state index < -0.39 is 5.97 Å². The Labute approximate surface area is 96.5 Å². The summed E-state index contributed by atoms with van der Waals surface area (Å²) in [6.45, 7) is 0. The molecule has 3 N–H and O–H groups in total. The SMILES string of the molecule is O=C([O-])c1ccccc1O.OO.[Na+]. The van der Waals surface area contributed by atoms with Crippen molar-refractivity contribution in [2.24, 2.45) is 0 Å². The van der Waals surface area contributed by atoms with Crippen LogP contribution in [0.2, 0.25) is 0 Å². The average Bonchev–Trinajstić information content (AvgIpc) is 2.08. The normalized spacial score (nSPS) is 7.54. The summed E-state index contributed by atoms with van der Waals surface area (Å²) in [6, 6.07) is 5.64. The predicted molar refractivity (Wildman–Crippen MR) is 37.7 cm³/mol. The number of para-hydroxylation sites is 1. The number of carbonyl (C=O) groups excluding carboxylic acids is 1. The van der Waals surface area contributed by atoms with Crippen molar-refractivity contribution in [3.8, 4) is 5.75 Å². The molecule has 6 heteroatoms. The second-order valence-electron chi connectivity index (χ2n) is 1.80. The number of carbonyl (C=O) groups is 1. The first-order valence-corrected chi connectivity index (χ1v) is 2.91.